The van der Waals surface area contributed by atoms with Crippen LogP contribution in [-0.2, 0) is 27.2 Å². The molecule has 0 aliphatic rings. The summed E-state index contributed by atoms with van der Waals surface area (Å²) in [6.45, 7) is 0. The van der Waals surface area contributed by atoms with Crippen molar-refractivity contribution in [2.45, 2.75) is 25.4 Å². The van der Waals surface area contributed by atoms with Crippen LogP contribution in [0.5, 0.6) is 0 Å². The van der Waals surface area contributed by atoms with Gasteiger partial charge in [0.15, 0.2) is 6.10 Å². The van der Waals surface area contributed by atoms with Gasteiger partial charge in [0.1, 0.15) is 0 Å². The summed E-state index contributed by atoms with van der Waals surface area (Å²) >= 11 is 0. The van der Waals surface area contributed by atoms with E-state index < -0.39 is 24.0 Å². The molecule has 20 heavy (non-hydrogen) atoms. The Morgan fingerprint density at radius 2 is 1.70 bits per heavy atom. The Bertz CT molecular complexity index is 536. The summed E-state index contributed by atoms with van der Waals surface area (Å²) in [4.78, 5) is 32.2. The number of carboxylic acid groups (broad SMARTS) is 3. The molecule has 0 aliphatic heterocycles. The number of aliphatic hydroxyl groups excluding tert-OH is 1. The monoisotopic (exact) mass is 282 g/mol. The lowest BCUT2D eigenvalue weighted by atomic mass is 9.92. The highest BCUT2D eigenvalue weighted by Crippen LogP contribution is 2.24. The molecule has 0 amide bonds. The van der Waals surface area contributed by atoms with E-state index in [9.17, 15) is 19.5 Å². The molecule has 4 N–H and O–H groups in total. The van der Waals surface area contributed by atoms with Crippen LogP contribution in [0.3, 0.4) is 0 Å². The fraction of sp³-hybridized carbons (Fsp3) is 0.308. The molecule has 0 fully saturated rings. The minimum atomic E-state index is -1.81. The van der Waals surface area contributed by atoms with Gasteiger partial charge in [0.05, 0.1) is 6.42 Å². The molecule has 1 atom stereocenters. The molecule has 108 valence electrons. The number of carbonyl (C=O) groups is 3. The third kappa shape index (κ3) is 4.06. The van der Waals surface area contributed by atoms with Gasteiger partial charge in [-0.25, -0.2) is 4.79 Å². The van der Waals surface area contributed by atoms with Gasteiger partial charge < -0.3 is 20.4 Å². The van der Waals surface area contributed by atoms with E-state index in [0.717, 1.165) is 0 Å². The van der Waals surface area contributed by atoms with Crippen LogP contribution in [0.25, 0.3) is 0 Å². The standard InChI is InChI=1S/C13H14O7/c14-10(15)5-4-8-7(6-11(16)17)2-1-3-9(8)12(18)13(19)20/h1-3,12,18H,4-6H2,(H,14,15)(H,16,17)(H,19,20). The minimum absolute atomic E-state index is 0.0255. The second-order valence-corrected chi connectivity index (χ2v) is 4.19. The molecule has 7 nitrogen and oxygen atoms in total. The summed E-state index contributed by atoms with van der Waals surface area (Å²) in [5.41, 5.74) is 0.584. The Labute approximate surface area is 114 Å². The van der Waals surface area contributed by atoms with Crippen LogP contribution in [0, 0.1) is 0 Å². The molecule has 0 aromatic heterocycles. The smallest absolute Gasteiger partial charge is 0.337 e. The van der Waals surface area contributed by atoms with Gasteiger partial charge >= 0.3 is 17.9 Å². The Balaban J connectivity index is 3.23. The van der Waals surface area contributed by atoms with Crippen molar-refractivity contribution in [2.75, 3.05) is 0 Å². The zero-order valence-corrected chi connectivity index (χ0v) is 10.4. The minimum Gasteiger partial charge on any atom is -0.481 e. The van der Waals surface area contributed by atoms with Crippen LogP contribution in [0.4, 0.5) is 0 Å². The lowest BCUT2D eigenvalue weighted by Gasteiger charge is -2.15. The molecule has 1 unspecified atom stereocenters. The zero-order chi connectivity index (χ0) is 15.3. The highest BCUT2D eigenvalue weighted by molar-refractivity contribution is 5.76. The number of rotatable bonds is 7. The molecule has 1 aromatic rings. The molecule has 1 rings (SSSR count). The second-order valence-electron chi connectivity index (χ2n) is 4.19. The average molecular weight is 282 g/mol. The fourth-order valence-corrected chi connectivity index (χ4v) is 1.91. The van der Waals surface area contributed by atoms with Gasteiger partial charge in [0.25, 0.3) is 0 Å². The van der Waals surface area contributed by atoms with Crippen LogP contribution < -0.4 is 0 Å². The number of aliphatic carboxylic acids is 3. The molecule has 0 spiro atoms. The third-order valence-corrected chi connectivity index (χ3v) is 2.77. The molecule has 0 bridgehead atoms. The first-order chi connectivity index (χ1) is 9.32. The maximum absolute atomic E-state index is 10.8. The Morgan fingerprint density at radius 1 is 1.05 bits per heavy atom. The van der Waals surface area contributed by atoms with E-state index in [2.05, 4.69) is 0 Å². The Kier molecular flexibility index (Phi) is 5.22. The molecule has 0 saturated heterocycles. The first-order valence-electron chi connectivity index (χ1n) is 5.78. The third-order valence-electron chi connectivity index (χ3n) is 2.77. The van der Waals surface area contributed by atoms with Gasteiger partial charge in [-0.15, -0.1) is 0 Å². The molecule has 0 radical (unpaired) electrons. The van der Waals surface area contributed by atoms with E-state index in [1.807, 2.05) is 0 Å². The van der Waals surface area contributed by atoms with Crippen molar-refractivity contribution in [1.82, 2.24) is 0 Å². The maximum atomic E-state index is 10.8. The maximum Gasteiger partial charge on any atom is 0.337 e. The van der Waals surface area contributed by atoms with Crippen LogP contribution >= 0.6 is 0 Å². The molecule has 1 aromatic carbocycles. The molecule has 0 saturated carbocycles. The molecule has 0 heterocycles. The number of benzene rings is 1. The fourth-order valence-electron chi connectivity index (χ4n) is 1.91. The zero-order valence-electron chi connectivity index (χ0n) is 10.4. The molecule has 7 heteroatoms. The summed E-state index contributed by atoms with van der Waals surface area (Å²) in [5, 5.41) is 35.9. The van der Waals surface area contributed by atoms with Crippen LogP contribution in [0.15, 0.2) is 18.2 Å². The van der Waals surface area contributed by atoms with E-state index in [0.29, 0.717) is 5.56 Å². The summed E-state index contributed by atoms with van der Waals surface area (Å²) in [6, 6.07) is 4.26. The van der Waals surface area contributed by atoms with Gasteiger partial charge in [-0.3, -0.25) is 9.59 Å². The number of hydrogen-bond acceptors (Lipinski definition) is 4. The molecular formula is C13H14O7. The lowest BCUT2D eigenvalue weighted by molar-refractivity contribution is -0.147. The van der Waals surface area contributed by atoms with Crippen molar-refractivity contribution in [3.05, 3.63) is 34.9 Å². The average Bonchev–Trinajstić information content (AvgIpc) is 2.35. The van der Waals surface area contributed by atoms with Crippen molar-refractivity contribution >= 4 is 17.9 Å². The predicted molar refractivity (Wildman–Crippen MR) is 66.3 cm³/mol. The van der Waals surface area contributed by atoms with Crippen molar-refractivity contribution in [1.29, 1.82) is 0 Å². The summed E-state index contributed by atoms with van der Waals surface area (Å²) in [7, 11) is 0. The van der Waals surface area contributed by atoms with Crippen LogP contribution in [0.2, 0.25) is 0 Å². The predicted octanol–water partition coefficient (Wildman–Crippen LogP) is 0.449. The Hall–Kier alpha value is -2.41. The highest BCUT2D eigenvalue weighted by Gasteiger charge is 2.22. The molecule has 0 aliphatic carbocycles. The SMILES string of the molecule is O=C(O)CCc1c(CC(=O)O)cccc1C(O)C(=O)O. The topological polar surface area (TPSA) is 132 Å². The van der Waals surface area contributed by atoms with Crippen LogP contribution in [0.1, 0.15) is 29.2 Å². The summed E-state index contributed by atoms with van der Waals surface area (Å²) < 4.78 is 0. The second kappa shape index (κ2) is 6.67. The first kappa shape index (κ1) is 15.6. The number of hydrogen-bond donors (Lipinski definition) is 4. The van der Waals surface area contributed by atoms with E-state index in [1.165, 1.54) is 18.2 Å². The van der Waals surface area contributed by atoms with Gasteiger partial charge in [0.2, 0.25) is 0 Å². The normalized spacial score (nSPS) is 11.8. The van der Waals surface area contributed by atoms with Gasteiger partial charge in [0, 0.05) is 6.42 Å². The van der Waals surface area contributed by atoms with Crippen molar-refractivity contribution in [3.63, 3.8) is 0 Å². The largest absolute Gasteiger partial charge is 0.481 e. The van der Waals surface area contributed by atoms with Gasteiger partial charge in [-0.1, -0.05) is 18.2 Å². The summed E-state index contributed by atoms with van der Waals surface area (Å²) in [6.07, 6.45) is -2.50. The Morgan fingerprint density at radius 3 is 2.20 bits per heavy atom. The lowest BCUT2D eigenvalue weighted by Crippen LogP contribution is -2.16. The summed E-state index contributed by atoms with van der Waals surface area (Å²) in [5.74, 6) is -3.69. The quantitative estimate of drug-likeness (QED) is 0.570. The van der Waals surface area contributed by atoms with Gasteiger partial charge in [-0.05, 0) is 23.1 Å². The van der Waals surface area contributed by atoms with E-state index in [4.69, 9.17) is 15.3 Å². The van der Waals surface area contributed by atoms with Crippen molar-refractivity contribution in [3.8, 4) is 0 Å². The van der Waals surface area contributed by atoms with Crippen LogP contribution in [-0.4, -0.2) is 38.3 Å². The molecular weight excluding hydrogens is 268 g/mol. The van der Waals surface area contributed by atoms with E-state index >= 15 is 0 Å². The highest BCUT2D eigenvalue weighted by atomic mass is 16.4. The van der Waals surface area contributed by atoms with Crippen molar-refractivity contribution < 1.29 is 34.8 Å². The van der Waals surface area contributed by atoms with E-state index in [-0.39, 0.29) is 30.4 Å². The first-order valence-corrected chi connectivity index (χ1v) is 5.78. The number of aliphatic hydroxyl groups is 1. The van der Waals surface area contributed by atoms with Gasteiger partial charge in [-0.2, -0.15) is 0 Å². The van der Waals surface area contributed by atoms with E-state index in [1.54, 1.807) is 0 Å². The number of carboxylic acids is 3. The van der Waals surface area contributed by atoms with Crippen molar-refractivity contribution in [2.24, 2.45) is 0 Å².